The molecule has 1 N–H and O–H groups in total. The van der Waals surface area contributed by atoms with Crippen LogP contribution in [0.4, 0.5) is 0 Å². The molecule has 0 atom stereocenters. The van der Waals surface area contributed by atoms with E-state index < -0.39 is 5.97 Å². The van der Waals surface area contributed by atoms with Gasteiger partial charge in [-0.25, -0.2) is 9.78 Å². The van der Waals surface area contributed by atoms with Crippen LogP contribution in [0.2, 0.25) is 0 Å². The lowest BCUT2D eigenvalue weighted by Gasteiger charge is -2.23. The lowest BCUT2D eigenvalue weighted by atomic mass is 9.83. The molecule has 1 aliphatic carbocycles. The number of aromatic nitrogens is 1. The van der Waals surface area contributed by atoms with Crippen LogP contribution in [0.15, 0.2) is 4.42 Å². The molecule has 0 unspecified atom stereocenters. The Morgan fingerprint density at radius 1 is 1.39 bits per heavy atom. The topological polar surface area (TPSA) is 63.3 Å². The number of nitrogens with zero attached hydrogens (tertiary/aromatic N) is 1. The fourth-order valence-corrected chi connectivity index (χ4v) is 2.63. The normalized spacial score (nSPS) is 24.1. The molecule has 0 saturated heterocycles. The number of aryl methyl sites for hydroxylation is 1. The van der Waals surface area contributed by atoms with Gasteiger partial charge >= 0.3 is 5.97 Å². The van der Waals surface area contributed by atoms with Gasteiger partial charge in [0.1, 0.15) is 0 Å². The maximum absolute atomic E-state index is 11.1. The van der Waals surface area contributed by atoms with Gasteiger partial charge in [-0.15, -0.1) is 0 Å². The highest BCUT2D eigenvalue weighted by Crippen LogP contribution is 2.35. The largest absolute Gasteiger partial charge is 0.475 e. The molecule has 1 aliphatic rings. The minimum atomic E-state index is -0.999. The smallest absolute Gasteiger partial charge is 0.373 e. The van der Waals surface area contributed by atoms with E-state index in [0.29, 0.717) is 23.9 Å². The molecule has 0 amide bonds. The van der Waals surface area contributed by atoms with E-state index in [-0.39, 0.29) is 5.76 Å². The van der Waals surface area contributed by atoms with Gasteiger partial charge in [0.2, 0.25) is 5.76 Å². The first kappa shape index (κ1) is 13.1. The highest BCUT2D eigenvalue weighted by Gasteiger charge is 2.27. The number of carboxylic acids is 1. The van der Waals surface area contributed by atoms with Crippen molar-refractivity contribution in [3.05, 3.63) is 17.3 Å². The Bertz CT molecular complexity index is 417. The Kier molecular flexibility index (Phi) is 4.04. The summed E-state index contributed by atoms with van der Waals surface area (Å²) in [6.07, 6.45) is 6.04. The second-order valence-electron chi connectivity index (χ2n) is 5.34. The van der Waals surface area contributed by atoms with Gasteiger partial charge in [-0.05, 0) is 38.0 Å². The summed E-state index contributed by atoms with van der Waals surface area (Å²) in [5.74, 6) is 0.768. The van der Waals surface area contributed by atoms with Crippen molar-refractivity contribution in [2.75, 3.05) is 0 Å². The highest BCUT2D eigenvalue weighted by molar-refractivity contribution is 5.85. The molecule has 1 aromatic rings. The third-order valence-electron chi connectivity index (χ3n) is 3.76. The van der Waals surface area contributed by atoms with Crippen LogP contribution in [0.5, 0.6) is 0 Å². The zero-order chi connectivity index (χ0) is 13.1. The van der Waals surface area contributed by atoms with E-state index in [4.69, 9.17) is 9.52 Å². The van der Waals surface area contributed by atoms with Crippen LogP contribution >= 0.6 is 0 Å². The fraction of sp³-hybridized carbons (Fsp3) is 0.714. The number of carboxylic acid groups (broad SMARTS) is 1. The van der Waals surface area contributed by atoms with Gasteiger partial charge < -0.3 is 9.52 Å². The summed E-state index contributed by atoms with van der Waals surface area (Å²) in [5, 5.41) is 9.11. The molecule has 100 valence electrons. The maximum Gasteiger partial charge on any atom is 0.373 e. The van der Waals surface area contributed by atoms with Crippen LogP contribution in [0.25, 0.3) is 0 Å². The Balaban J connectivity index is 2.18. The van der Waals surface area contributed by atoms with Gasteiger partial charge in [-0.3, -0.25) is 0 Å². The van der Waals surface area contributed by atoms with Crippen molar-refractivity contribution < 1.29 is 14.3 Å². The number of hydrogen-bond donors (Lipinski definition) is 1. The summed E-state index contributed by atoms with van der Waals surface area (Å²) in [4.78, 5) is 15.5. The van der Waals surface area contributed by atoms with E-state index in [1.54, 1.807) is 0 Å². The predicted molar refractivity (Wildman–Crippen MR) is 67.8 cm³/mol. The molecular formula is C14H21NO3. The predicted octanol–water partition coefficient (Wildman–Crippen LogP) is 3.62. The van der Waals surface area contributed by atoms with E-state index in [1.807, 2.05) is 6.92 Å². The van der Waals surface area contributed by atoms with Crippen molar-refractivity contribution in [3.63, 3.8) is 0 Å². The third-order valence-corrected chi connectivity index (χ3v) is 3.76. The summed E-state index contributed by atoms with van der Waals surface area (Å²) in [7, 11) is 0. The molecule has 18 heavy (non-hydrogen) atoms. The first-order valence-corrected chi connectivity index (χ1v) is 6.84. The third kappa shape index (κ3) is 2.74. The summed E-state index contributed by atoms with van der Waals surface area (Å²) in [6.45, 7) is 4.28. The summed E-state index contributed by atoms with van der Waals surface area (Å²) in [5.41, 5.74) is 0.610. The van der Waals surface area contributed by atoms with E-state index in [0.717, 1.165) is 25.2 Å². The standard InChI is InChI=1S/C14H21NO3/c1-3-4-11-12(14(16)17)18-13(15-11)10-7-5-9(2)6-8-10/h9-10H,3-8H2,1-2H3,(H,16,17). The lowest BCUT2D eigenvalue weighted by Crippen LogP contribution is -2.11. The Hall–Kier alpha value is -1.32. The molecule has 2 rings (SSSR count). The van der Waals surface area contributed by atoms with E-state index in [2.05, 4.69) is 11.9 Å². The second-order valence-corrected chi connectivity index (χ2v) is 5.34. The van der Waals surface area contributed by atoms with Crippen molar-refractivity contribution in [3.8, 4) is 0 Å². The van der Waals surface area contributed by atoms with Crippen LogP contribution in [0, 0.1) is 5.92 Å². The second kappa shape index (κ2) is 5.55. The molecule has 4 heteroatoms. The molecule has 0 spiro atoms. The van der Waals surface area contributed by atoms with E-state index in [9.17, 15) is 4.79 Å². The first-order valence-electron chi connectivity index (χ1n) is 6.84. The summed E-state index contributed by atoms with van der Waals surface area (Å²) < 4.78 is 5.49. The lowest BCUT2D eigenvalue weighted by molar-refractivity contribution is 0.0657. The van der Waals surface area contributed by atoms with Crippen LogP contribution < -0.4 is 0 Å². The molecule has 1 aromatic heterocycles. The monoisotopic (exact) mass is 251 g/mol. The minimum absolute atomic E-state index is 0.0467. The number of carbonyl (C=O) groups is 1. The molecule has 1 fully saturated rings. The maximum atomic E-state index is 11.1. The van der Waals surface area contributed by atoms with E-state index >= 15 is 0 Å². The first-order chi connectivity index (χ1) is 8.61. The van der Waals surface area contributed by atoms with Gasteiger partial charge in [0.15, 0.2) is 5.89 Å². The highest BCUT2D eigenvalue weighted by atomic mass is 16.4. The van der Waals surface area contributed by atoms with Crippen molar-refractivity contribution >= 4 is 5.97 Å². The van der Waals surface area contributed by atoms with Crippen molar-refractivity contribution in [1.29, 1.82) is 0 Å². The van der Waals surface area contributed by atoms with Crippen LogP contribution in [0.1, 0.15) is 74.0 Å². The number of hydrogen-bond acceptors (Lipinski definition) is 3. The summed E-state index contributed by atoms with van der Waals surface area (Å²) in [6, 6.07) is 0. The van der Waals surface area contributed by atoms with E-state index in [1.165, 1.54) is 12.8 Å². The molecule has 0 aromatic carbocycles. The molecule has 4 nitrogen and oxygen atoms in total. The average Bonchev–Trinajstić information content (AvgIpc) is 2.75. The van der Waals surface area contributed by atoms with Crippen LogP contribution in [0.3, 0.4) is 0 Å². The van der Waals surface area contributed by atoms with Gasteiger partial charge in [0, 0.05) is 5.92 Å². The molecule has 0 aliphatic heterocycles. The van der Waals surface area contributed by atoms with Gasteiger partial charge in [-0.1, -0.05) is 20.3 Å². The van der Waals surface area contributed by atoms with Gasteiger partial charge in [0.05, 0.1) is 5.69 Å². The van der Waals surface area contributed by atoms with Crippen LogP contribution in [-0.4, -0.2) is 16.1 Å². The average molecular weight is 251 g/mol. The zero-order valence-corrected chi connectivity index (χ0v) is 11.1. The van der Waals surface area contributed by atoms with Crippen molar-refractivity contribution in [1.82, 2.24) is 4.98 Å². The zero-order valence-electron chi connectivity index (χ0n) is 11.1. The van der Waals surface area contributed by atoms with Crippen molar-refractivity contribution in [2.45, 2.75) is 58.3 Å². The number of aromatic carboxylic acids is 1. The molecule has 0 bridgehead atoms. The number of rotatable bonds is 4. The molecular weight excluding hydrogens is 230 g/mol. The Morgan fingerprint density at radius 2 is 2.06 bits per heavy atom. The Morgan fingerprint density at radius 3 is 2.61 bits per heavy atom. The summed E-state index contributed by atoms with van der Waals surface area (Å²) >= 11 is 0. The Labute approximate surface area is 107 Å². The van der Waals surface area contributed by atoms with Crippen LogP contribution in [-0.2, 0) is 6.42 Å². The number of oxazole rings is 1. The minimum Gasteiger partial charge on any atom is -0.475 e. The van der Waals surface area contributed by atoms with Gasteiger partial charge in [0.25, 0.3) is 0 Å². The molecule has 1 heterocycles. The molecule has 0 radical (unpaired) electrons. The van der Waals surface area contributed by atoms with Crippen molar-refractivity contribution in [2.24, 2.45) is 5.92 Å². The molecule has 1 saturated carbocycles. The van der Waals surface area contributed by atoms with Gasteiger partial charge in [-0.2, -0.15) is 0 Å². The quantitative estimate of drug-likeness (QED) is 0.887. The fourth-order valence-electron chi connectivity index (χ4n) is 2.63. The SMILES string of the molecule is CCCc1nc(C2CCC(C)CC2)oc1C(=O)O.